The fraction of sp³-hybridized carbons (Fsp3) is 0.538. The van der Waals surface area contributed by atoms with Crippen LogP contribution in [0.2, 0.25) is 0 Å². The molecule has 1 aromatic rings. The lowest BCUT2D eigenvalue weighted by Gasteiger charge is -2.21. The normalized spacial score (nSPS) is 23.6. The summed E-state index contributed by atoms with van der Waals surface area (Å²) in [6.07, 6.45) is 0.173. The standard InChI is InChI=1S/C13H17F2N3O2/c1-7-6-16-10(5-9(7)13(3,14)15)18-11(19)8(2)17(4)12(18)20/h5-6,8,11,19H,1-4H3. The van der Waals surface area contributed by atoms with Gasteiger partial charge < -0.3 is 10.0 Å². The molecule has 2 rings (SSSR count). The minimum Gasteiger partial charge on any atom is -0.371 e. The van der Waals surface area contributed by atoms with Gasteiger partial charge in [-0.3, -0.25) is 0 Å². The van der Waals surface area contributed by atoms with E-state index < -0.39 is 24.2 Å². The molecule has 0 aromatic carbocycles. The number of pyridine rings is 1. The summed E-state index contributed by atoms with van der Waals surface area (Å²) in [6.45, 7) is 3.99. The van der Waals surface area contributed by atoms with Crippen LogP contribution in [0.1, 0.15) is 25.0 Å². The van der Waals surface area contributed by atoms with Gasteiger partial charge in [-0.25, -0.2) is 23.5 Å². The number of nitrogens with zero attached hydrogens (tertiary/aromatic N) is 3. The first-order chi connectivity index (χ1) is 9.14. The molecule has 7 heteroatoms. The smallest absolute Gasteiger partial charge is 0.328 e. The maximum absolute atomic E-state index is 13.5. The monoisotopic (exact) mass is 285 g/mol. The molecule has 1 fully saturated rings. The van der Waals surface area contributed by atoms with E-state index in [0.717, 1.165) is 17.9 Å². The van der Waals surface area contributed by atoms with Crippen molar-refractivity contribution >= 4 is 11.8 Å². The van der Waals surface area contributed by atoms with Gasteiger partial charge in [-0.15, -0.1) is 0 Å². The van der Waals surface area contributed by atoms with Crippen molar-refractivity contribution in [3.8, 4) is 0 Å². The number of carbonyl (C=O) groups excluding carboxylic acids is 1. The number of hydrogen-bond donors (Lipinski definition) is 1. The molecule has 1 saturated heterocycles. The average Bonchev–Trinajstić information content (AvgIpc) is 2.54. The zero-order chi connectivity index (χ0) is 15.2. The van der Waals surface area contributed by atoms with Crippen LogP contribution in [-0.4, -0.2) is 40.3 Å². The van der Waals surface area contributed by atoms with Crippen molar-refractivity contribution in [3.05, 3.63) is 23.4 Å². The summed E-state index contributed by atoms with van der Waals surface area (Å²) in [7, 11) is 1.54. The molecule has 110 valence electrons. The average molecular weight is 285 g/mol. The number of halogens is 2. The Hall–Kier alpha value is -1.76. The molecule has 0 radical (unpaired) electrons. The van der Waals surface area contributed by atoms with Gasteiger partial charge >= 0.3 is 6.03 Å². The van der Waals surface area contributed by atoms with E-state index in [2.05, 4.69) is 4.98 Å². The predicted octanol–water partition coefficient (Wildman–Crippen LogP) is 2.08. The molecule has 1 N–H and O–H groups in total. The van der Waals surface area contributed by atoms with Crippen LogP contribution >= 0.6 is 0 Å². The van der Waals surface area contributed by atoms with Crippen molar-refractivity contribution in [2.75, 3.05) is 11.9 Å². The lowest BCUT2D eigenvalue weighted by atomic mass is 10.1. The van der Waals surface area contributed by atoms with Crippen LogP contribution in [-0.2, 0) is 5.92 Å². The summed E-state index contributed by atoms with van der Waals surface area (Å²) in [5, 5.41) is 10.1. The molecule has 2 unspecified atom stereocenters. The van der Waals surface area contributed by atoms with Crippen molar-refractivity contribution in [1.82, 2.24) is 9.88 Å². The highest BCUT2D eigenvalue weighted by Gasteiger charge is 2.42. The molecule has 5 nitrogen and oxygen atoms in total. The number of rotatable bonds is 2. The number of alkyl halides is 2. The zero-order valence-corrected chi connectivity index (χ0v) is 11.8. The number of aliphatic hydroxyl groups excluding tert-OH is 1. The Bertz CT molecular complexity index is 545. The number of urea groups is 1. The molecular formula is C13H17F2N3O2. The Labute approximate surface area is 115 Å². The van der Waals surface area contributed by atoms with Crippen molar-refractivity contribution in [3.63, 3.8) is 0 Å². The van der Waals surface area contributed by atoms with Crippen LogP contribution in [0.25, 0.3) is 0 Å². The lowest BCUT2D eigenvalue weighted by molar-refractivity contribution is 0.0167. The molecule has 2 amide bonds. The number of hydrogen-bond acceptors (Lipinski definition) is 3. The maximum atomic E-state index is 13.5. The number of likely N-dealkylation sites (N-methyl/N-ethyl adjacent to an activating group) is 1. The number of aliphatic hydroxyl groups is 1. The molecule has 1 aliphatic heterocycles. The van der Waals surface area contributed by atoms with Crippen LogP contribution in [0.3, 0.4) is 0 Å². The third-order valence-corrected chi connectivity index (χ3v) is 3.62. The second-order valence-corrected chi connectivity index (χ2v) is 5.16. The van der Waals surface area contributed by atoms with E-state index in [1.807, 2.05) is 0 Å². The maximum Gasteiger partial charge on any atom is 0.328 e. The Morgan fingerprint density at radius 1 is 1.45 bits per heavy atom. The van der Waals surface area contributed by atoms with Gasteiger partial charge in [0.25, 0.3) is 5.92 Å². The summed E-state index contributed by atoms with van der Waals surface area (Å²) >= 11 is 0. The molecule has 0 spiro atoms. The second kappa shape index (κ2) is 4.66. The molecule has 2 atom stereocenters. The molecular weight excluding hydrogens is 268 g/mol. The first-order valence-electron chi connectivity index (χ1n) is 6.23. The predicted molar refractivity (Wildman–Crippen MR) is 69.6 cm³/mol. The van der Waals surface area contributed by atoms with Crippen LogP contribution < -0.4 is 4.90 Å². The highest BCUT2D eigenvalue weighted by Crippen LogP contribution is 2.33. The Kier molecular flexibility index (Phi) is 3.41. The van der Waals surface area contributed by atoms with Crippen LogP contribution in [0.5, 0.6) is 0 Å². The van der Waals surface area contributed by atoms with Gasteiger partial charge in [-0.1, -0.05) is 0 Å². The highest BCUT2D eigenvalue weighted by atomic mass is 19.3. The number of amides is 2. The van der Waals surface area contributed by atoms with E-state index in [-0.39, 0.29) is 11.4 Å². The van der Waals surface area contributed by atoms with Crippen molar-refractivity contribution in [2.24, 2.45) is 0 Å². The van der Waals surface area contributed by atoms with Gasteiger partial charge in [0, 0.05) is 25.7 Å². The number of aryl methyl sites for hydroxylation is 1. The van der Waals surface area contributed by atoms with E-state index >= 15 is 0 Å². The molecule has 1 aliphatic rings. The fourth-order valence-corrected chi connectivity index (χ4v) is 2.22. The quantitative estimate of drug-likeness (QED) is 0.905. The molecule has 20 heavy (non-hydrogen) atoms. The summed E-state index contributed by atoms with van der Waals surface area (Å²) in [5.74, 6) is -3.01. The van der Waals surface area contributed by atoms with Gasteiger partial charge in [0.2, 0.25) is 0 Å². The van der Waals surface area contributed by atoms with Crippen LogP contribution in [0.4, 0.5) is 19.4 Å². The third kappa shape index (κ3) is 2.22. The van der Waals surface area contributed by atoms with Crippen LogP contribution in [0, 0.1) is 6.92 Å². The van der Waals surface area contributed by atoms with Crippen molar-refractivity contribution in [1.29, 1.82) is 0 Å². The van der Waals surface area contributed by atoms with E-state index in [1.54, 1.807) is 14.0 Å². The minimum atomic E-state index is -3.03. The van der Waals surface area contributed by atoms with E-state index in [9.17, 15) is 18.7 Å². The third-order valence-electron chi connectivity index (χ3n) is 3.62. The van der Waals surface area contributed by atoms with E-state index in [4.69, 9.17) is 0 Å². The summed E-state index contributed by atoms with van der Waals surface area (Å²) in [4.78, 5) is 18.4. The van der Waals surface area contributed by atoms with E-state index in [1.165, 1.54) is 18.0 Å². The van der Waals surface area contributed by atoms with Crippen molar-refractivity contribution in [2.45, 2.75) is 39.0 Å². The van der Waals surface area contributed by atoms with Gasteiger partial charge in [0.15, 0.2) is 6.23 Å². The van der Waals surface area contributed by atoms with Gasteiger partial charge in [0.05, 0.1) is 6.04 Å². The summed E-state index contributed by atoms with van der Waals surface area (Å²) in [6, 6.07) is 0.255. The van der Waals surface area contributed by atoms with Crippen LogP contribution in [0.15, 0.2) is 12.3 Å². The molecule has 0 bridgehead atoms. The SMILES string of the molecule is Cc1cnc(N2C(=O)N(C)C(C)C2O)cc1C(C)(F)F. The second-order valence-electron chi connectivity index (χ2n) is 5.16. The van der Waals surface area contributed by atoms with Gasteiger partial charge in [-0.05, 0) is 25.5 Å². The highest BCUT2D eigenvalue weighted by molar-refractivity contribution is 5.94. The van der Waals surface area contributed by atoms with E-state index in [0.29, 0.717) is 5.56 Å². The summed E-state index contributed by atoms with van der Waals surface area (Å²) in [5.41, 5.74) is 0.133. The largest absolute Gasteiger partial charge is 0.371 e. The Balaban J connectivity index is 2.47. The number of aromatic nitrogens is 1. The fourth-order valence-electron chi connectivity index (χ4n) is 2.22. The Morgan fingerprint density at radius 2 is 2.05 bits per heavy atom. The zero-order valence-electron chi connectivity index (χ0n) is 11.8. The first kappa shape index (κ1) is 14.6. The first-order valence-corrected chi connectivity index (χ1v) is 6.23. The molecule has 0 saturated carbocycles. The number of carbonyl (C=O) groups is 1. The number of anilines is 1. The minimum absolute atomic E-state index is 0.0285. The van der Waals surface area contributed by atoms with Crippen molar-refractivity contribution < 1.29 is 18.7 Å². The molecule has 1 aromatic heterocycles. The van der Waals surface area contributed by atoms with Gasteiger partial charge in [-0.2, -0.15) is 0 Å². The summed E-state index contributed by atoms with van der Waals surface area (Å²) < 4.78 is 27.1. The van der Waals surface area contributed by atoms with Gasteiger partial charge in [0.1, 0.15) is 5.82 Å². The Morgan fingerprint density at radius 3 is 2.50 bits per heavy atom. The molecule has 0 aliphatic carbocycles. The lowest BCUT2D eigenvalue weighted by Crippen LogP contribution is -2.36. The topological polar surface area (TPSA) is 56.7 Å². The molecule has 2 heterocycles.